The van der Waals surface area contributed by atoms with Crippen molar-refractivity contribution in [2.75, 3.05) is 0 Å². The van der Waals surface area contributed by atoms with Crippen molar-refractivity contribution >= 4 is 0 Å². The molecule has 0 unspecified atom stereocenters. The summed E-state index contributed by atoms with van der Waals surface area (Å²) in [5.74, 6) is 0. The first-order valence-corrected chi connectivity index (χ1v) is 13.0. The second-order valence-electron chi connectivity index (χ2n) is 11.4. The van der Waals surface area contributed by atoms with Crippen LogP contribution < -0.4 is 0 Å². The molecule has 0 bridgehead atoms. The van der Waals surface area contributed by atoms with Crippen molar-refractivity contribution < 1.29 is 9.47 Å². The van der Waals surface area contributed by atoms with E-state index in [2.05, 4.69) is 79.7 Å². The molecule has 2 saturated heterocycles. The molecule has 0 aliphatic carbocycles. The van der Waals surface area contributed by atoms with Crippen LogP contribution in [-0.4, -0.2) is 23.4 Å². The van der Waals surface area contributed by atoms with Gasteiger partial charge in [0.2, 0.25) is 0 Å². The molecule has 0 aromatic carbocycles. The minimum atomic E-state index is 0.130. The van der Waals surface area contributed by atoms with E-state index >= 15 is 0 Å². The van der Waals surface area contributed by atoms with Crippen molar-refractivity contribution in [1.29, 1.82) is 0 Å². The Hall–Kier alpha value is -1.12. The van der Waals surface area contributed by atoms with Crippen molar-refractivity contribution in [3.8, 4) is 0 Å². The minimum absolute atomic E-state index is 0.130. The van der Waals surface area contributed by atoms with Gasteiger partial charge < -0.3 is 9.47 Å². The van der Waals surface area contributed by atoms with Gasteiger partial charge in [-0.25, -0.2) is 0 Å². The van der Waals surface area contributed by atoms with Crippen molar-refractivity contribution in [2.45, 2.75) is 143 Å². The molecule has 2 aliphatic heterocycles. The highest BCUT2D eigenvalue weighted by atomic mass is 16.6. The maximum absolute atomic E-state index is 5.68. The van der Waals surface area contributed by atoms with Gasteiger partial charge in [0, 0.05) is 0 Å². The van der Waals surface area contributed by atoms with Gasteiger partial charge in [-0.05, 0) is 120 Å². The Morgan fingerprint density at radius 1 is 0.531 bits per heavy atom. The number of ether oxygens (including phenoxy) is 2. The Morgan fingerprint density at radius 3 is 1.12 bits per heavy atom. The number of unbranched alkanes of at least 4 members (excludes halogenated alkanes) is 1. The summed E-state index contributed by atoms with van der Waals surface area (Å²) in [4.78, 5) is 0. The molecule has 0 saturated carbocycles. The lowest BCUT2D eigenvalue weighted by Gasteiger charge is -2.03. The van der Waals surface area contributed by atoms with E-state index < -0.39 is 0 Å². The monoisotopic (exact) mass is 442 g/mol. The molecule has 2 heteroatoms. The summed E-state index contributed by atoms with van der Waals surface area (Å²) in [5, 5.41) is 0. The van der Waals surface area contributed by atoms with Gasteiger partial charge in [0.1, 0.15) is 0 Å². The van der Waals surface area contributed by atoms with Gasteiger partial charge in [0.25, 0.3) is 0 Å². The van der Waals surface area contributed by atoms with Crippen LogP contribution in [0.1, 0.15) is 120 Å². The van der Waals surface area contributed by atoms with E-state index in [0.29, 0.717) is 12.2 Å². The van der Waals surface area contributed by atoms with Crippen molar-refractivity contribution in [2.24, 2.45) is 0 Å². The molecule has 2 rings (SSSR count). The fourth-order valence-corrected chi connectivity index (χ4v) is 4.36. The van der Waals surface area contributed by atoms with Crippen LogP contribution in [0.25, 0.3) is 0 Å². The number of hydrogen-bond acceptors (Lipinski definition) is 2. The molecule has 0 aromatic heterocycles. The van der Waals surface area contributed by atoms with Gasteiger partial charge in [-0.3, -0.25) is 0 Å². The van der Waals surface area contributed by atoms with Crippen LogP contribution in [0.2, 0.25) is 0 Å². The quantitative estimate of drug-likeness (QED) is 0.143. The van der Waals surface area contributed by atoms with E-state index in [9.17, 15) is 0 Å². The first-order chi connectivity index (χ1) is 15.0. The van der Waals surface area contributed by atoms with Gasteiger partial charge in [-0.1, -0.05) is 46.6 Å². The molecule has 0 amide bonds. The molecule has 2 heterocycles. The number of rotatable bonds is 15. The van der Waals surface area contributed by atoms with Gasteiger partial charge >= 0.3 is 0 Å². The number of allylic oxidation sites excluding steroid dienone is 8. The standard InChI is InChI=1S/C30H50O2/c1-23(15-11-17-25(3)19-21-27-29(5,6)31-27)13-9-10-14-24(2)16-12-18-26(4)20-22-28-30(7,8)32-28/h13-14,17-18,27-28H,9-12,15-16,19-22H2,1-8H3/b23-13+,24-14+,25-17+,26-18+/t27-,28+. The molecule has 0 N–H and O–H groups in total. The lowest BCUT2D eigenvalue weighted by molar-refractivity contribution is 0.319. The molecule has 32 heavy (non-hydrogen) atoms. The fraction of sp³-hybridized carbons (Fsp3) is 0.733. The van der Waals surface area contributed by atoms with E-state index in [4.69, 9.17) is 9.47 Å². The molecule has 182 valence electrons. The van der Waals surface area contributed by atoms with Crippen LogP contribution >= 0.6 is 0 Å². The zero-order valence-corrected chi connectivity index (χ0v) is 22.4. The maximum Gasteiger partial charge on any atom is 0.0892 e. The first-order valence-electron chi connectivity index (χ1n) is 13.0. The predicted molar refractivity (Wildman–Crippen MR) is 139 cm³/mol. The molecular formula is C30H50O2. The molecular weight excluding hydrogens is 392 g/mol. The minimum Gasteiger partial charge on any atom is -0.367 e. The molecule has 2 fully saturated rings. The van der Waals surface area contributed by atoms with Crippen molar-refractivity contribution in [3.63, 3.8) is 0 Å². The third-order valence-corrected chi connectivity index (χ3v) is 7.15. The molecule has 2 aliphatic rings. The Labute approximate surface area is 199 Å². The third kappa shape index (κ3) is 10.7. The van der Waals surface area contributed by atoms with Crippen LogP contribution in [0, 0.1) is 0 Å². The number of hydrogen-bond donors (Lipinski definition) is 0. The topological polar surface area (TPSA) is 25.1 Å². The molecule has 2 nitrogen and oxygen atoms in total. The summed E-state index contributed by atoms with van der Waals surface area (Å²) in [6, 6.07) is 0. The zero-order valence-electron chi connectivity index (χ0n) is 22.4. The van der Waals surface area contributed by atoms with Crippen LogP contribution in [0.4, 0.5) is 0 Å². The van der Waals surface area contributed by atoms with Crippen LogP contribution in [-0.2, 0) is 9.47 Å². The van der Waals surface area contributed by atoms with Crippen molar-refractivity contribution in [3.05, 3.63) is 46.6 Å². The highest BCUT2D eigenvalue weighted by Crippen LogP contribution is 2.39. The van der Waals surface area contributed by atoms with Crippen molar-refractivity contribution in [1.82, 2.24) is 0 Å². The van der Waals surface area contributed by atoms with E-state index in [1.54, 1.807) is 0 Å². The van der Waals surface area contributed by atoms with Crippen LogP contribution in [0.3, 0.4) is 0 Å². The van der Waals surface area contributed by atoms with Crippen LogP contribution in [0.5, 0.6) is 0 Å². The highest BCUT2D eigenvalue weighted by Gasteiger charge is 2.47. The van der Waals surface area contributed by atoms with E-state index in [0.717, 1.165) is 25.7 Å². The molecule has 0 radical (unpaired) electrons. The lowest BCUT2D eigenvalue weighted by atomic mass is 10.0. The normalized spacial score (nSPS) is 25.2. The Bertz CT molecular complexity index is 655. The molecule has 2 atom stereocenters. The van der Waals surface area contributed by atoms with Crippen LogP contribution in [0.15, 0.2) is 46.6 Å². The summed E-state index contributed by atoms with van der Waals surface area (Å²) in [6.45, 7) is 17.8. The Kier molecular flexibility index (Phi) is 10.5. The first kappa shape index (κ1) is 27.1. The highest BCUT2D eigenvalue weighted by molar-refractivity contribution is 5.08. The smallest absolute Gasteiger partial charge is 0.0892 e. The summed E-state index contributed by atoms with van der Waals surface area (Å²) in [5.41, 5.74) is 6.32. The molecule has 0 spiro atoms. The summed E-state index contributed by atoms with van der Waals surface area (Å²) < 4.78 is 11.4. The predicted octanol–water partition coefficient (Wildman–Crippen LogP) is 9.03. The largest absolute Gasteiger partial charge is 0.367 e. The van der Waals surface area contributed by atoms with Gasteiger partial charge in [0.15, 0.2) is 0 Å². The second kappa shape index (κ2) is 12.4. The van der Waals surface area contributed by atoms with E-state index in [1.165, 1.54) is 60.8 Å². The maximum atomic E-state index is 5.68. The van der Waals surface area contributed by atoms with E-state index in [1.807, 2.05) is 0 Å². The fourth-order valence-electron chi connectivity index (χ4n) is 4.36. The third-order valence-electron chi connectivity index (χ3n) is 7.15. The van der Waals surface area contributed by atoms with Gasteiger partial charge in [0.05, 0.1) is 23.4 Å². The lowest BCUT2D eigenvalue weighted by Crippen LogP contribution is -2.02. The summed E-state index contributed by atoms with van der Waals surface area (Å²) >= 11 is 0. The Balaban J connectivity index is 1.52. The SMILES string of the molecule is C/C(=C\CC/C=C(\C)CC/C=C(\C)CC[C@H]1OC1(C)C)CC/C=C(\C)CC[C@@H]1OC1(C)C. The van der Waals surface area contributed by atoms with Gasteiger partial charge in [-0.15, -0.1) is 0 Å². The summed E-state index contributed by atoms with van der Waals surface area (Å²) in [7, 11) is 0. The molecule has 0 aromatic rings. The average Bonchev–Trinajstić information content (AvgIpc) is 3.54. The summed E-state index contributed by atoms with van der Waals surface area (Å²) in [6.07, 6.45) is 22.3. The Morgan fingerprint density at radius 2 is 0.812 bits per heavy atom. The number of epoxide rings is 2. The second-order valence-corrected chi connectivity index (χ2v) is 11.4. The zero-order chi connectivity index (χ0) is 23.8. The average molecular weight is 443 g/mol. The van der Waals surface area contributed by atoms with E-state index in [-0.39, 0.29) is 11.2 Å². The van der Waals surface area contributed by atoms with Gasteiger partial charge in [-0.2, -0.15) is 0 Å².